The fourth-order valence-corrected chi connectivity index (χ4v) is 5.68. The van der Waals surface area contributed by atoms with E-state index in [0.29, 0.717) is 32.8 Å². The molecule has 8 nitrogen and oxygen atoms in total. The van der Waals surface area contributed by atoms with Crippen molar-refractivity contribution >= 4 is 49.8 Å². The van der Waals surface area contributed by atoms with Crippen LogP contribution in [0.4, 0.5) is 5.69 Å². The molecule has 2 aromatic heterocycles. The Hall–Kier alpha value is -3.42. The number of hydrogen-bond donors (Lipinski definition) is 1. The molecule has 35 heavy (non-hydrogen) atoms. The first-order chi connectivity index (χ1) is 16.6. The van der Waals surface area contributed by atoms with E-state index in [1.807, 2.05) is 6.07 Å². The van der Waals surface area contributed by atoms with Crippen molar-refractivity contribution in [3.8, 4) is 17.7 Å². The number of fused-ring (bicyclic) bond motifs is 4. The summed E-state index contributed by atoms with van der Waals surface area (Å²) in [5.74, 6) is -0.182. The van der Waals surface area contributed by atoms with E-state index < -0.39 is 15.9 Å². The van der Waals surface area contributed by atoms with Gasteiger partial charge in [0.05, 0.1) is 16.1 Å². The van der Waals surface area contributed by atoms with E-state index in [-0.39, 0.29) is 27.2 Å². The van der Waals surface area contributed by atoms with Crippen LogP contribution in [0.25, 0.3) is 10.9 Å². The molecule has 4 aromatic rings. The average Bonchev–Trinajstić information content (AvgIpc) is 2.83. The summed E-state index contributed by atoms with van der Waals surface area (Å²) < 4.78 is 34.0. The smallest absolute Gasteiger partial charge is 0.243 e. The second kappa shape index (κ2) is 8.36. The minimum atomic E-state index is -3.86. The third-order valence-electron chi connectivity index (χ3n) is 5.91. The van der Waals surface area contributed by atoms with Gasteiger partial charge in [0, 0.05) is 42.2 Å². The molecule has 0 saturated heterocycles. The third kappa shape index (κ3) is 3.58. The predicted octanol–water partition coefficient (Wildman–Crippen LogP) is 4.93. The summed E-state index contributed by atoms with van der Waals surface area (Å²) in [5.41, 5.74) is 8.53. The maximum absolute atomic E-state index is 13.3. The van der Waals surface area contributed by atoms with Crippen LogP contribution in [0.15, 0.2) is 53.6 Å². The van der Waals surface area contributed by atoms with Gasteiger partial charge < -0.3 is 10.5 Å². The Bertz CT molecular complexity index is 1670. The first kappa shape index (κ1) is 23.3. The molecule has 3 heterocycles. The molecule has 0 amide bonds. The Labute approximate surface area is 211 Å². The van der Waals surface area contributed by atoms with E-state index in [1.54, 1.807) is 48.7 Å². The number of nitrogen functional groups attached to an aromatic ring is 1. The lowest BCUT2D eigenvalue weighted by atomic mass is 9.82. The molecule has 0 bridgehead atoms. The van der Waals surface area contributed by atoms with Gasteiger partial charge in [0.25, 0.3) is 0 Å². The van der Waals surface area contributed by atoms with E-state index in [9.17, 15) is 13.7 Å². The summed E-state index contributed by atoms with van der Waals surface area (Å²) in [6.07, 6.45) is 1.55. The standard InChI is InChI=1S/C24H17Cl2N5O3S/c1-31(2)35(32,33)17-10-15-18(12-5-7-13(25)8-6-12)19-20(28)16(11-27)23(26)30-24(19)34-22(15)21-14(17)4-3-9-29-21/h3-10,18H,1-2H3,(H2,28,30). The molecule has 2 N–H and O–H groups in total. The van der Waals surface area contributed by atoms with Crippen LogP contribution in [0.5, 0.6) is 11.6 Å². The molecule has 2 aromatic carbocycles. The quantitative estimate of drug-likeness (QED) is 0.331. The Kier molecular flexibility index (Phi) is 5.57. The largest absolute Gasteiger partial charge is 0.436 e. The summed E-state index contributed by atoms with van der Waals surface area (Å²) in [7, 11) is -0.938. The number of halogens is 2. The average molecular weight is 526 g/mol. The maximum atomic E-state index is 13.3. The summed E-state index contributed by atoms with van der Waals surface area (Å²) in [4.78, 5) is 8.82. The van der Waals surface area contributed by atoms with Crippen molar-refractivity contribution in [3.05, 3.63) is 81.1 Å². The summed E-state index contributed by atoms with van der Waals surface area (Å²) >= 11 is 12.4. The molecule has 0 spiro atoms. The number of benzene rings is 2. The third-order valence-corrected chi connectivity index (χ3v) is 8.29. The molecule has 0 radical (unpaired) electrons. The lowest BCUT2D eigenvalue weighted by molar-refractivity contribution is 0.438. The van der Waals surface area contributed by atoms with Crippen LogP contribution in [-0.2, 0) is 10.0 Å². The molecular formula is C24H17Cl2N5O3S. The highest BCUT2D eigenvalue weighted by molar-refractivity contribution is 7.89. The number of aromatic nitrogens is 2. The molecule has 1 aliphatic heterocycles. The Morgan fingerprint density at radius 3 is 2.54 bits per heavy atom. The number of anilines is 1. The van der Waals surface area contributed by atoms with E-state index >= 15 is 0 Å². The van der Waals surface area contributed by atoms with Crippen molar-refractivity contribution in [1.82, 2.24) is 14.3 Å². The summed E-state index contributed by atoms with van der Waals surface area (Å²) in [6.45, 7) is 0. The molecule has 1 aliphatic rings. The van der Waals surface area contributed by atoms with Crippen LogP contribution >= 0.6 is 23.2 Å². The van der Waals surface area contributed by atoms with Crippen LogP contribution < -0.4 is 10.5 Å². The number of nitrogens with zero attached hydrogens (tertiary/aromatic N) is 4. The zero-order chi connectivity index (χ0) is 25.1. The minimum Gasteiger partial charge on any atom is -0.436 e. The molecular weight excluding hydrogens is 509 g/mol. The Morgan fingerprint density at radius 1 is 1.17 bits per heavy atom. The predicted molar refractivity (Wildman–Crippen MR) is 133 cm³/mol. The van der Waals surface area contributed by atoms with Crippen LogP contribution in [0.2, 0.25) is 10.2 Å². The topological polar surface area (TPSA) is 122 Å². The number of nitrogens with two attached hydrogens (primary N) is 1. The van der Waals surface area contributed by atoms with Crippen molar-refractivity contribution < 1.29 is 13.2 Å². The zero-order valence-electron chi connectivity index (χ0n) is 18.5. The lowest BCUT2D eigenvalue weighted by Crippen LogP contribution is -2.24. The van der Waals surface area contributed by atoms with Crippen molar-refractivity contribution in [2.24, 2.45) is 0 Å². The molecule has 0 aliphatic carbocycles. The minimum absolute atomic E-state index is 0.0106. The number of hydrogen-bond acceptors (Lipinski definition) is 7. The molecule has 11 heteroatoms. The monoisotopic (exact) mass is 525 g/mol. The molecule has 0 fully saturated rings. The van der Waals surface area contributed by atoms with E-state index in [4.69, 9.17) is 33.7 Å². The highest BCUT2D eigenvalue weighted by atomic mass is 35.5. The molecule has 1 atom stereocenters. The van der Waals surface area contributed by atoms with Gasteiger partial charge in [-0.15, -0.1) is 0 Å². The maximum Gasteiger partial charge on any atom is 0.243 e. The first-order valence-corrected chi connectivity index (χ1v) is 12.5. The van der Waals surface area contributed by atoms with Gasteiger partial charge in [-0.25, -0.2) is 12.7 Å². The Balaban J connectivity index is 1.94. The van der Waals surface area contributed by atoms with Crippen LogP contribution in [0.3, 0.4) is 0 Å². The van der Waals surface area contributed by atoms with Gasteiger partial charge in [0.2, 0.25) is 15.9 Å². The van der Waals surface area contributed by atoms with Crippen molar-refractivity contribution in [1.29, 1.82) is 5.26 Å². The van der Waals surface area contributed by atoms with Gasteiger partial charge >= 0.3 is 0 Å². The van der Waals surface area contributed by atoms with Gasteiger partial charge in [0.1, 0.15) is 17.1 Å². The van der Waals surface area contributed by atoms with Crippen LogP contribution in [0.1, 0.15) is 28.2 Å². The molecule has 176 valence electrons. The van der Waals surface area contributed by atoms with E-state index in [0.717, 1.165) is 9.87 Å². The first-order valence-electron chi connectivity index (χ1n) is 10.3. The second-order valence-electron chi connectivity index (χ2n) is 8.09. The summed E-state index contributed by atoms with van der Waals surface area (Å²) in [6, 6.07) is 13.9. The molecule has 1 unspecified atom stereocenters. The van der Waals surface area contributed by atoms with Crippen LogP contribution in [0, 0.1) is 11.3 Å². The second-order valence-corrected chi connectivity index (χ2v) is 11.0. The number of ether oxygens (including phenoxy) is 1. The van der Waals surface area contributed by atoms with Gasteiger partial charge in [-0.1, -0.05) is 35.3 Å². The number of nitriles is 1. The normalized spacial score (nSPS) is 14.8. The van der Waals surface area contributed by atoms with Gasteiger partial charge in [0.15, 0.2) is 10.9 Å². The fourth-order valence-electron chi connectivity index (χ4n) is 4.22. The van der Waals surface area contributed by atoms with Gasteiger partial charge in [-0.05, 0) is 35.9 Å². The van der Waals surface area contributed by atoms with E-state index in [1.165, 1.54) is 14.1 Å². The SMILES string of the molecule is CN(C)S(=O)(=O)c1cc2c(c3ncccc13)Oc1nc(Cl)c(C#N)c(N)c1C2c1ccc(Cl)cc1. The highest BCUT2D eigenvalue weighted by Crippen LogP contribution is 2.53. The fraction of sp³-hybridized carbons (Fsp3) is 0.125. The summed E-state index contributed by atoms with van der Waals surface area (Å²) in [5, 5.41) is 10.5. The van der Waals surface area contributed by atoms with Gasteiger partial charge in [-0.3, -0.25) is 4.98 Å². The lowest BCUT2D eigenvalue weighted by Gasteiger charge is -2.31. The number of pyridine rings is 2. The van der Waals surface area contributed by atoms with Crippen LogP contribution in [-0.4, -0.2) is 36.8 Å². The van der Waals surface area contributed by atoms with Gasteiger partial charge in [-0.2, -0.15) is 10.2 Å². The highest BCUT2D eigenvalue weighted by Gasteiger charge is 2.37. The van der Waals surface area contributed by atoms with Crippen molar-refractivity contribution in [2.75, 3.05) is 19.8 Å². The zero-order valence-corrected chi connectivity index (χ0v) is 20.8. The molecule has 5 rings (SSSR count). The van der Waals surface area contributed by atoms with Crippen molar-refractivity contribution in [2.45, 2.75) is 10.8 Å². The number of rotatable bonds is 3. The Morgan fingerprint density at radius 2 is 1.89 bits per heavy atom. The van der Waals surface area contributed by atoms with Crippen molar-refractivity contribution in [3.63, 3.8) is 0 Å². The number of sulfonamides is 1. The molecule has 0 saturated carbocycles. The van der Waals surface area contributed by atoms with E-state index in [2.05, 4.69) is 9.97 Å².